The van der Waals surface area contributed by atoms with E-state index in [0.29, 0.717) is 13.0 Å². The fraction of sp³-hybridized carbons (Fsp3) is 0.350. The monoisotopic (exact) mass is 436 g/mol. The van der Waals surface area contributed by atoms with Gasteiger partial charge in [-0.25, -0.2) is 9.37 Å². The molecule has 1 aliphatic rings. The first-order valence-corrected chi connectivity index (χ1v) is 9.74. The summed E-state index contributed by atoms with van der Waals surface area (Å²) < 4.78 is 54.8. The van der Waals surface area contributed by atoms with Crippen LogP contribution >= 0.6 is 0 Å². The third kappa shape index (κ3) is 4.31. The average molecular weight is 436 g/mol. The van der Waals surface area contributed by atoms with Gasteiger partial charge in [-0.15, -0.1) is 0 Å². The Balaban J connectivity index is 1.62. The summed E-state index contributed by atoms with van der Waals surface area (Å²) in [6.07, 6.45) is -2.55. The number of pyridine rings is 1. The number of likely N-dealkylation sites (tertiary alicyclic amines) is 1. The van der Waals surface area contributed by atoms with E-state index < -0.39 is 29.5 Å². The first kappa shape index (κ1) is 21.0. The Morgan fingerprint density at radius 3 is 2.81 bits per heavy atom. The van der Waals surface area contributed by atoms with Crippen molar-refractivity contribution in [1.29, 1.82) is 0 Å². The molecule has 0 unspecified atom stereocenters. The Morgan fingerprint density at radius 2 is 2.06 bits per heavy atom. The van der Waals surface area contributed by atoms with E-state index in [-0.39, 0.29) is 34.8 Å². The van der Waals surface area contributed by atoms with E-state index in [2.05, 4.69) is 20.5 Å². The van der Waals surface area contributed by atoms with Gasteiger partial charge in [0.25, 0.3) is 0 Å². The van der Waals surface area contributed by atoms with Gasteiger partial charge in [0.2, 0.25) is 5.91 Å². The van der Waals surface area contributed by atoms with Crippen molar-refractivity contribution < 1.29 is 22.4 Å². The lowest BCUT2D eigenvalue weighted by Crippen LogP contribution is -2.39. The van der Waals surface area contributed by atoms with E-state index in [1.807, 2.05) is 0 Å². The molecule has 1 atom stereocenters. The number of carbonyl (C=O) groups excluding carboxylic acids is 1. The van der Waals surface area contributed by atoms with Crippen LogP contribution in [0.1, 0.15) is 36.6 Å². The number of nitrogen functional groups attached to an aromatic ring is 1. The lowest BCUT2D eigenvalue weighted by molar-refractivity contribution is -0.136. The molecule has 3 heterocycles. The van der Waals surface area contributed by atoms with Crippen molar-refractivity contribution in [3.63, 3.8) is 0 Å². The van der Waals surface area contributed by atoms with Gasteiger partial charge < -0.3 is 11.1 Å². The summed E-state index contributed by atoms with van der Waals surface area (Å²) in [6.45, 7) is 0.391. The molecule has 4 N–H and O–H groups in total. The molecular weight excluding hydrogens is 416 g/mol. The number of amides is 1. The van der Waals surface area contributed by atoms with Crippen molar-refractivity contribution in [2.75, 3.05) is 24.1 Å². The molecule has 7 nitrogen and oxygen atoms in total. The molecule has 1 saturated heterocycles. The lowest BCUT2D eigenvalue weighted by atomic mass is 9.97. The number of aromatic nitrogens is 3. The fourth-order valence-corrected chi connectivity index (χ4v) is 3.91. The fourth-order valence-electron chi connectivity index (χ4n) is 3.91. The first-order chi connectivity index (χ1) is 14.7. The Morgan fingerprint density at radius 1 is 1.29 bits per heavy atom. The topological polar surface area (TPSA) is 99.9 Å². The largest absolute Gasteiger partial charge is 0.417 e. The molecule has 11 heteroatoms. The number of piperidine rings is 1. The summed E-state index contributed by atoms with van der Waals surface area (Å²) in [5.74, 6) is -1.23. The van der Waals surface area contributed by atoms with Crippen LogP contribution in [0, 0.1) is 5.82 Å². The van der Waals surface area contributed by atoms with Crippen LogP contribution in [-0.2, 0) is 11.0 Å². The van der Waals surface area contributed by atoms with Crippen LogP contribution in [0.3, 0.4) is 0 Å². The molecule has 0 radical (unpaired) electrons. The lowest BCUT2D eigenvalue weighted by Gasteiger charge is -2.35. The number of para-hydroxylation sites is 1. The predicted molar refractivity (Wildman–Crippen MR) is 106 cm³/mol. The van der Waals surface area contributed by atoms with Crippen molar-refractivity contribution in [2.45, 2.75) is 31.5 Å². The Hall–Kier alpha value is -3.21. The molecule has 0 saturated carbocycles. The second-order valence-electron chi connectivity index (χ2n) is 7.44. The molecule has 1 aliphatic heterocycles. The molecule has 0 aliphatic carbocycles. The van der Waals surface area contributed by atoms with Gasteiger partial charge in [0.05, 0.1) is 34.9 Å². The normalized spacial score (nSPS) is 17.7. The molecule has 1 fully saturated rings. The van der Waals surface area contributed by atoms with Crippen molar-refractivity contribution in [1.82, 2.24) is 20.1 Å². The second kappa shape index (κ2) is 8.14. The summed E-state index contributed by atoms with van der Waals surface area (Å²) in [7, 11) is 0. The van der Waals surface area contributed by atoms with Gasteiger partial charge in [-0.3, -0.25) is 14.8 Å². The Kier molecular flexibility index (Phi) is 5.52. The van der Waals surface area contributed by atoms with Gasteiger partial charge in [0.15, 0.2) is 5.65 Å². The molecule has 1 aromatic carbocycles. The maximum atomic E-state index is 13.8. The predicted octanol–water partition coefficient (Wildman–Crippen LogP) is 3.86. The highest BCUT2D eigenvalue weighted by molar-refractivity contribution is 5.92. The van der Waals surface area contributed by atoms with E-state index >= 15 is 0 Å². The van der Waals surface area contributed by atoms with Crippen LogP contribution < -0.4 is 11.1 Å². The summed E-state index contributed by atoms with van der Waals surface area (Å²) >= 11 is 0. The van der Waals surface area contributed by atoms with Gasteiger partial charge in [-0.05, 0) is 37.6 Å². The van der Waals surface area contributed by atoms with E-state index in [1.54, 1.807) is 11.0 Å². The van der Waals surface area contributed by atoms with Crippen LogP contribution in [0.2, 0.25) is 0 Å². The minimum Gasteiger partial charge on any atom is -0.383 e. The van der Waals surface area contributed by atoms with Gasteiger partial charge in [-0.2, -0.15) is 18.3 Å². The SMILES string of the molecule is Nc1[nH]nc2nc([C@H]3CCCCN3CC(=O)Nc3ccccc3F)cc(C(F)(F)F)c12. The van der Waals surface area contributed by atoms with Gasteiger partial charge in [-0.1, -0.05) is 18.6 Å². The first-order valence-electron chi connectivity index (χ1n) is 9.74. The minimum absolute atomic E-state index is 0.0481. The van der Waals surface area contributed by atoms with Gasteiger partial charge in [0.1, 0.15) is 11.6 Å². The van der Waals surface area contributed by atoms with Crippen LogP contribution in [-0.4, -0.2) is 39.1 Å². The number of hydrogen-bond acceptors (Lipinski definition) is 5. The standard InChI is InChI=1S/C20H20F4N6O/c21-12-5-1-2-6-13(12)26-16(31)10-30-8-4-3-7-15(30)14-9-11(20(22,23)24)17-18(25)28-29-19(17)27-14/h1-2,5-6,9,15H,3-4,7-8,10H2,(H,26,31)(H3,25,27,28,29)/t15-/m1/s1. The van der Waals surface area contributed by atoms with Crippen LogP contribution in [0.5, 0.6) is 0 Å². The molecule has 164 valence electrons. The van der Waals surface area contributed by atoms with E-state index in [4.69, 9.17) is 5.73 Å². The number of carbonyl (C=O) groups is 1. The number of benzene rings is 1. The van der Waals surface area contributed by atoms with Crippen LogP contribution in [0.15, 0.2) is 30.3 Å². The molecular formula is C20H20F4N6O. The number of H-pyrrole nitrogens is 1. The number of nitrogens with zero attached hydrogens (tertiary/aromatic N) is 3. The third-order valence-electron chi connectivity index (χ3n) is 5.33. The molecule has 1 amide bonds. The highest BCUT2D eigenvalue weighted by Crippen LogP contribution is 2.39. The number of nitrogens with two attached hydrogens (primary N) is 1. The summed E-state index contributed by atoms with van der Waals surface area (Å²) in [4.78, 5) is 18.5. The van der Waals surface area contributed by atoms with Crippen molar-refractivity contribution in [2.24, 2.45) is 0 Å². The average Bonchev–Trinajstić information content (AvgIpc) is 3.09. The number of anilines is 2. The van der Waals surface area contributed by atoms with Crippen LogP contribution in [0.25, 0.3) is 11.0 Å². The van der Waals surface area contributed by atoms with Gasteiger partial charge in [0, 0.05) is 0 Å². The number of halogens is 4. The zero-order valence-corrected chi connectivity index (χ0v) is 16.3. The highest BCUT2D eigenvalue weighted by atomic mass is 19.4. The van der Waals surface area contributed by atoms with E-state index in [0.717, 1.165) is 18.9 Å². The summed E-state index contributed by atoms with van der Waals surface area (Å²) in [5.41, 5.74) is 4.81. The molecule has 31 heavy (non-hydrogen) atoms. The van der Waals surface area contributed by atoms with Crippen molar-refractivity contribution >= 4 is 28.4 Å². The zero-order valence-electron chi connectivity index (χ0n) is 16.3. The van der Waals surface area contributed by atoms with Crippen molar-refractivity contribution in [3.8, 4) is 0 Å². The van der Waals surface area contributed by atoms with E-state index in [1.165, 1.54) is 18.2 Å². The molecule has 0 spiro atoms. The quantitative estimate of drug-likeness (QED) is 0.540. The maximum Gasteiger partial charge on any atom is 0.417 e. The summed E-state index contributed by atoms with van der Waals surface area (Å²) in [6, 6.07) is 6.24. The maximum absolute atomic E-state index is 13.8. The van der Waals surface area contributed by atoms with Crippen molar-refractivity contribution in [3.05, 3.63) is 47.4 Å². The third-order valence-corrected chi connectivity index (χ3v) is 5.33. The second-order valence-corrected chi connectivity index (χ2v) is 7.44. The molecule has 3 aromatic rings. The molecule has 2 aromatic heterocycles. The smallest absolute Gasteiger partial charge is 0.383 e. The number of rotatable bonds is 4. The number of fused-ring (bicyclic) bond motifs is 1. The van der Waals surface area contributed by atoms with Gasteiger partial charge >= 0.3 is 6.18 Å². The minimum atomic E-state index is -4.64. The van der Waals surface area contributed by atoms with Crippen LogP contribution in [0.4, 0.5) is 29.1 Å². The number of hydrogen-bond donors (Lipinski definition) is 3. The Bertz CT molecular complexity index is 1110. The molecule has 0 bridgehead atoms. The number of aromatic amines is 1. The number of alkyl halides is 3. The zero-order chi connectivity index (χ0) is 22.2. The van der Waals surface area contributed by atoms with E-state index in [9.17, 15) is 22.4 Å². The molecule has 4 rings (SSSR count). The Labute approximate surface area is 174 Å². The summed E-state index contributed by atoms with van der Waals surface area (Å²) in [5, 5.41) is 8.39. The number of nitrogens with one attached hydrogen (secondary N) is 2. The highest BCUT2D eigenvalue weighted by Gasteiger charge is 2.37.